The van der Waals surface area contributed by atoms with Crippen LogP contribution < -0.4 is 10.6 Å². The number of halogens is 1. The number of nitrogens with one attached hydrogen (secondary N) is 2. The van der Waals surface area contributed by atoms with E-state index in [9.17, 15) is 14.0 Å². The molecule has 3 heterocycles. The average Bonchev–Trinajstić information content (AvgIpc) is 3.59. The van der Waals surface area contributed by atoms with E-state index < -0.39 is 0 Å². The minimum absolute atomic E-state index is 0.0198. The highest BCUT2D eigenvalue weighted by Gasteiger charge is 2.30. The maximum absolute atomic E-state index is 13.7. The van der Waals surface area contributed by atoms with Gasteiger partial charge < -0.3 is 15.2 Å². The second-order valence-electron chi connectivity index (χ2n) is 9.44. The predicted molar refractivity (Wildman–Crippen MR) is 143 cm³/mol. The van der Waals surface area contributed by atoms with E-state index in [2.05, 4.69) is 15.6 Å². The van der Waals surface area contributed by atoms with Crippen LogP contribution in [0.1, 0.15) is 41.7 Å². The lowest BCUT2D eigenvalue weighted by Crippen LogP contribution is -2.26. The summed E-state index contributed by atoms with van der Waals surface area (Å²) in [6, 6.07) is 15.6. The van der Waals surface area contributed by atoms with Crippen LogP contribution >= 0.6 is 11.3 Å². The molecule has 2 amide bonds. The van der Waals surface area contributed by atoms with Crippen LogP contribution in [0.5, 0.6) is 0 Å². The highest BCUT2D eigenvalue weighted by Crippen LogP contribution is 2.33. The molecule has 0 spiro atoms. The lowest BCUT2D eigenvalue weighted by Gasteiger charge is -2.14. The number of nitrogens with zero attached hydrogens (tertiary/aromatic N) is 3. The topological polar surface area (TPSA) is 88.9 Å². The minimum atomic E-state index is -0.355. The first-order chi connectivity index (χ1) is 17.9. The van der Waals surface area contributed by atoms with Crippen molar-refractivity contribution in [2.45, 2.75) is 25.8 Å². The summed E-state index contributed by atoms with van der Waals surface area (Å²) in [6.45, 7) is 1.83. The molecule has 186 valence electrons. The zero-order chi connectivity index (χ0) is 25.7. The number of anilines is 1. The van der Waals surface area contributed by atoms with Gasteiger partial charge in [-0.05, 0) is 61.7 Å². The Kier molecular flexibility index (Phi) is 5.72. The van der Waals surface area contributed by atoms with Gasteiger partial charge in [0, 0.05) is 35.6 Å². The smallest absolute Gasteiger partial charge is 0.253 e. The van der Waals surface area contributed by atoms with Crippen LogP contribution in [0.3, 0.4) is 0 Å². The molecule has 0 bridgehead atoms. The summed E-state index contributed by atoms with van der Waals surface area (Å²) in [5.74, 6) is -0.444. The standard InChI is InChI=1S/C28H24FN5O2S/c1-15(17-4-3-5-19(29)12-17)30-26(36)21-14-34(2)24-11-8-18(13-20(21)24)22-9-10-23-27(31-22)37-28(32-23)33-25(35)16-6-7-16/h3-5,8-16H,6-7H2,1-2H3,(H,30,36)(H,32,33,35). The zero-order valence-corrected chi connectivity index (χ0v) is 21.1. The van der Waals surface area contributed by atoms with E-state index in [1.165, 1.54) is 23.5 Å². The molecule has 0 saturated heterocycles. The normalized spacial score (nSPS) is 14.1. The Bertz CT molecular complexity index is 1690. The predicted octanol–water partition coefficient (Wildman–Crippen LogP) is 5.83. The number of thiazole rings is 1. The van der Waals surface area contributed by atoms with Gasteiger partial charge in [0.05, 0.1) is 17.3 Å². The van der Waals surface area contributed by atoms with Crippen LogP contribution in [0.25, 0.3) is 32.5 Å². The molecule has 1 fully saturated rings. The van der Waals surface area contributed by atoms with Crippen molar-refractivity contribution < 1.29 is 14.0 Å². The SMILES string of the molecule is CC(NC(=O)c1cn(C)c2ccc(-c3ccc4nc(NC(=O)C5CC5)sc4n3)cc12)c1cccc(F)c1. The third-order valence-corrected chi connectivity index (χ3v) is 7.54. The van der Waals surface area contributed by atoms with E-state index in [-0.39, 0.29) is 29.6 Å². The Morgan fingerprint density at radius 3 is 2.73 bits per heavy atom. The largest absolute Gasteiger partial charge is 0.350 e. The van der Waals surface area contributed by atoms with Crippen LogP contribution in [-0.4, -0.2) is 26.3 Å². The number of pyridine rings is 1. The Morgan fingerprint density at radius 2 is 1.95 bits per heavy atom. The van der Waals surface area contributed by atoms with Crippen LogP contribution in [0, 0.1) is 11.7 Å². The third-order valence-electron chi connectivity index (χ3n) is 6.66. The number of hydrogen-bond acceptors (Lipinski definition) is 5. The van der Waals surface area contributed by atoms with Gasteiger partial charge in [0.15, 0.2) is 5.13 Å². The molecule has 5 aromatic rings. The number of benzene rings is 2. The van der Waals surface area contributed by atoms with Crippen LogP contribution in [0.15, 0.2) is 60.8 Å². The number of amides is 2. The van der Waals surface area contributed by atoms with Gasteiger partial charge in [-0.25, -0.2) is 14.4 Å². The molecular formula is C28H24FN5O2S. The number of aryl methyl sites for hydroxylation is 1. The Hall–Kier alpha value is -4.11. The first-order valence-corrected chi connectivity index (χ1v) is 12.9. The van der Waals surface area contributed by atoms with Gasteiger partial charge in [-0.1, -0.05) is 29.5 Å². The summed E-state index contributed by atoms with van der Waals surface area (Å²) in [6.07, 6.45) is 3.67. The molecule has 1 atom stereocenters. The zero-order valence-electron chi connectivity index (χ0n) is 20.3. The molecule has 37 heavy (non-hydrogen) atoms. The molecule has 1 aliphatic rings. The van der Waals surface area contributed by atoms with Gasteiger partial charge in [-0.15, -0.1) is 0 Å². The first-order valence-electron chi connectivity index (χ1n) is 12.1. The van der Waals surface area contributed by atoms with Gasteiger partial charge >= 0.3 is 0 Å². The van der Waals surface area contributed by atoms with Crippen molar-refractivity contribution in [2.24, 2.45) is 13.0 Å². The molecule has 0 radical (unpaired) electrons. The molecule has 6 rings (SSSR count). The summed E-state index contributed by atoms with van der Waals surface area (Å²) in [5.41, 5.74) is 4.49. The quantitative estimate of drug-likeness (QED) is 0.299. The van der Waals surface area contributed by atoms with Crippen molar-refractivity contribution >= 4 is 49.5 Å². The first kappa shape index (κ1) is 23.3. The van der Waals surface area contributed by atoms with Gasteiger partial charge in [0.2, 0.25) is 5.91 Å². The van der Waals surface area contributed by atoms with E-state index >= 15 is 0 Å². The number of carbonyl (C=O) groups is 2. The van der Waals surface area contributed by atoms with Crippen molar-refractivity contribution in [3.05, 3.63) is 77.7 Å². The molecular weight excluding hydrogens is 489 g/mol. The average molecular weight is 514 g/mol. The highest BCUT2D eigenvalue weighted by molar-refractivity contribution is 7.22. The lowest BCUT2D eigenvalue weighted by atomic mass is 10.0. The molecule has 1 aliphatic carbocycles. The minimum Gasteiger partial charge on any atom is -0.350 e. The highest BCUT2D eigenvalue weighted by atomic mass is 32.1. The van der Waals surface area contributed by atoms with E-state index in [4.69, 9.17) is 4.98 Å². The Morgan fingerprint density at radius 1 is 1.11 bits per heavy atom. The number of carbonyl (C=O) groups excluding carboxylic acids is 2. The Balaban J connectivity index is 1.29. The van der Waals surface area contributed by atoms with E-state index in [1.54, 1.807) is 18.3 Å². The Labute approximate surface area is 216 Å². The monoisotopic (exact) mass is 513 g/mol. The molecule has 7 nitrogen and oxygen atoms in total. The van der Waals surface area contributed by atoms with Gasteiger partial charge in [-0.2, -0.15) is 0 Å². The van der Waals surface area contributed by atoms with E-state index in [1.807, 2.05) is 48.9 Å². The van der Waals surface area contributed by atoms with Crippen molar-refractivity contribution in [2.75, 3.05) is 5.32 Å². The number of rotatable bonds is 6. The maximum atomic E-state index is 13.7. The van der Waals surface area contributed by atoms with Gasteiger partial charge in [0.1, 0.15) is 16.2 Å². The van der Waals surface area contributed by atoms with E-state index in [0.717, 1.165) is 45.3 Å². The van der Waals surface area contributed by atoms with Crippen LogP contribution in [0.4, 0.5) is 9.52 Å². The fourth-order valence-corrected chi connectivity index (χ4v) is 5.29. The number of hydrogen-bond donors (Lipinski definition) is 2. The summed E-state index contributed by atoms with van der Waals surface area (Å²) in [5, 5.41) is 7.23. The van der Waals surface area contributed by atoms with Crippen LogP contribution in [-0.2, 0) is 11.8 Å². The third kappa shape index (κ3) is 4.58. The second-order valence-corrected chi connectivity index (χ2v) is 10.4. The molecule has 2 aromatic carbocycles. The maximum Gasteiger partial charge on any atom is 0.253 e. The molecule has 1 saturated carbocycles. The van der Waals surface area contributed by atoms with Crippen molar-refractivity contribution in [1.82, 2.24) is 19.9 Å². The van der Waals surface area contributed by atoms with Crippen molar-refractivity contribution in [1.29, 1.82) is 0 Å². The second kappa shape index (κ2) is 9.08. The summed E-state index contributed by atoms with van der Waals surface area (Å²) < 4.78 is 15.6. The fraction of sp³-hybridized carbons (Fsp3) is 0.214. The summed E-state index contributed by atoms with van der Waals surface area (Å²) in [4.78, 5) is 35.3. The van der Waals surface area contributed by atoms with Crippen LogP contribution in [0.2, 0.25) is 0 Å². The van der Waals surface area contributed by atoms with E-state index in [0.29, 0.717) is 16.3 Å². The van der Waals surface area contributed by atoms with Crippen molar-refractivity contribution in [3.8, 4) is 11.3 Å². The van der Waals surface area contributed by atoms with Crippen molar-refractivity contribution in [3.63, 3.8) is 0 Å². The molecule has 2 N–H and O–H groups in total. The number of aromatic nitrogens is 3. The lowest BCUT2D eigenvalue weighted by molar-refractivity contribution is -0.117. The van der Waals surface area contributed by atoms with Gasteiger partial charge in [0.25, 0.3) is 5.91 Å². The summed E-state index contributed by atoms with van der Waals surface area (Å²) in [7, 11) is 1.90. The number of fused-ring (bicyclic) bond motifs is 2. The fourth-order valence-electron chi connectivity index (χ4n) is 4.45. The van der Waals surface area contributed by atoms with Gasteiger partial charge in [-0.3, -0.25) is 9.59 Å². The summed E-state index contributed by atoms with van der Waals surface area (Å²) >= 11 is 1.35. The molecule has 0 aliphatic heterocycles. The molecule has 3 aromatic heterocycles. The molecule has 1 unspecified atom stereocenters. The molecule has 9 heteroatoms.